The molecule has 1 aliphatic carbocycles. The predicted octanol–water partition coefficient (Wildman–Crippen LogP) is 2.57. The molecule has 0 atom stereocenters. The third kappa shape index (κ3) is 2.52. The molecule has 1 aliphatic rings. The molecule has 0 amide bonds. The van der Waals surface area contributed by atoms with Crippen molar-refractivity contribution in [3.63, 3.8) is 0 Å². The minimum atomic E-state index is -0.832. The average Bonchev–Trinajstić information content (AvgIpc) is 2.26. The van der Waals surface area contributed by atoms with Gasteiger partial charge in [-0.1, -0.05) is 12.5 Å². The molecule has 6 heteroatoms. The number of carbonyl (C=O) groups is 1. The Balaban J connectivity index is 2.17. The van der Waals surface area contributed by atoms with E-state index in [0.717, 1.165) is 12.0 Å². The molecule has 1 aromatic rings. The van der Waals surface area contributed by atoms with Crippen LogP contribution >= 0.6 is 0 Å². The van der Waals surface area contributed by atoms with Crippen molar-refractivity contribution in [2.24, 2.45) is 5.41 Å². The number of anilines is 1. The lowest BCUT2D eigenvalue weighted by Gasteiger charge is -2.37. The van der Waals surface area contributed by atoms with Crippen LogP contribution in [0.25, 0.3) is 0 Å². The van der Waals surface area contributed by atoms with Crippen LogP contribution in [0.5, 0.6) is 0 Å². The van der Waals surface area contributed by atoms with Crippen molar-refractivity contribution in [3.05, 3.63) is 33.9 Å². The Morgan fingerprint density at radius 2 is 2.21 bits per heavy atom. The molecule has 0 spiro atoms. The first kappa shape index (κ1) is 13.3. The van der Waals surface area contributed by atoms with E-state index in [4.69, 9.17) is 0 Å². The lowest BCUT2D eigenvalue weighted by atomic mass is 9.69. The largest absolute Gasteiger partial charge is 0.481 e. The number of hydrogen-bond donors (Lipinski definition) is 2. The lowest BCUT2D eigenvalue weighted by molar-refractivity contribution is -0.384. The number of benzene rings is 1. The highest BCUT2D eigenvalue weighted by molar-refractivity contribution is 5.77. The minimum Gasteiger partial charge on any atom is -0.481 e. The molecule has 6 nitrogen and oxygen atoms in total. The first-order valence-electron chi connectivity index (χ1n) is 6.17. The van der Waals surface area contributed by atoms with Gasteiger partial charge in [-0.05, 0) is 31.4 Å². The summed E-state index contributed by atoms with van der Waals surface area (Å²) >= 11 is 0. The molecular weight excluding hydrogens is 248 g/mol. The number of nitro groups is 1. The maximum Gasteiger partial charge on any atom is 0.311 e. The molecular formula is C13H16N2O4. The Labute approximate surface area is 110 Å². The normalized spacial score (nSPS) is 16.5. The highest BCUT2D eigenvalue weighted by atomic mass is 16.6. The molecule has 0 radical (unpaired) electrons. The zero-order chi connectivity index (χ0) is 14.0. The summed E-state index contributed by atoms with van der Waals surface area (Å²) in [5.74, 6) is -0.832. The van der Waals surface area contributed by atoms with E-state index in [1.54, 1.807) is 12.1 Å². The van der Waals surface area contributed by atoms with Crippen LogP contribution in [0.15, 0.2) is 18.2 Å². The fraction of sp³-hybridized carbons (Fsp3) is 0.462. The molecule has 0 aromatic heterocycles. The van der Waals surface area contributed by atoms with Gasteiger partial charge in [-0.25, -0.2) is 0 Å². The SMILES string of the molecule is Cc1ccc([N+](=O)[O-])c(NCC2(C(=O)O)CCC2)c1. The van der Waals surface area contributed by atoms with Gasteiger partial charge in [-0.3, -0.25) is 14.9 Å². The van der Waals surface area contributed by atoms with Crippen LogP contribution in [0.2, 0.25) is 0 Å². The Hall–Kier alpha value is -2.11. The van der Waals surface area contributed by atoms with E-state index < -0.39 is 16.3 Å². The molecule has 1 saturated carbocycles. The quantitative estimate of drug-likeness (QED) is 0.629. The Kier molecular flexibility index (Phi) is 3.42. The number of carboxylic acid groups (broad SMARTS) is 1. The van der Waals surface area contributed by atoms with Gasteiger partial charge < -0.3 is 10.4 Å². The Morgan fingerprint density at radius 3 is 2.68 bits per heavy atom. The summed E-state index contributed by atoms with van der Waals surface area (Å²) in [6.45, 7) is 2.07. The summed E-state index contributed by atoms with van der Waals surface area (Å²) in [6, 6.07) is 4.78. The van der Waals surface area contributed by atoms with Crippen LogP contribution in [0, 0.1) is 22.5 Å². The number of nitro benzene ring substituents is 1. The standard InChI is InChI=1S/C13H16N2O4/c1-9-3-4-11(15(18)19)10(7-9)14-8-13(12(16)17)5-2-6-13/h3-4,7,14H,2,5-6,8H2,1H3,(H,16,17). The van der Waals surface area contributed by atoms with Gasteiger partial charge in [0, 0.05) is 12.6 Å². The fourth-order valence-electron chi connectivity index (χ4n) is 2.28. The molecule has 0 saturated heterocycles. The van der Waals surface area contributed by atoms with Crippen molar-refractivity contribution in [3.8, 4) is 0 Å². The number of nitrogens with one attached hydrogen (secondary N) is 1. The van der Waals surface area contributed by atoms with Crippen molar-refractivity contribution in [1.82, 2.24) is 0 Å². The number of nitrogens with zero attached hydrogens (tertiary/aromatic N) is 1. The third-order valence-electron chi connectivity index (χ3n) is 3.73. The maximum absolute atomic E-state index is 11.2. The third-order valence-corrected chi connectivity index (χ3v) is 3.73. The lowest BCUT2D eigenvalue weighted by Crippen LogP contribution is -2.43. The molecule has 1 fully saturated rings. The highest BCUT2D eigenvalue weighted by Gasteiger charge is 2.44. The summed E-state index contributed by atoms with van der Waals surface area (Å²) in [7, 11) is 0. The molecule has 102 valence electrons. The highest BCUT2D eigenvalue weighted by Crippen LogP contribution is 2.41. The van der Waals surface area contributed by atoms with Gasteiger partial charge in [-0.2, -0.15) is 0 Å². The molecule has 0 unspecified atom stereocenters. The molecule has 1 aromatic carbocycles. The Morgan fingerprint density at radius 1 is 1.53 bits per heavy atom. The molecule has 19 heavy (non-hydrogen) atoms. The van der Waals surface area contributed by atoms with Gasteiger partial charge in [0.25, 0.3) is 5.69 Å². The second-order valence-electron chi connectivity index (χ2n) is 5.07. The van der Waals surface area contributed by atoms with Crippen molar-refractivity contribution in [2.45, 2.75) is 26.2 Å². The first-order chi connectivity index (χ1) is 8.94. The molecule has 0 aliphatic heterocycles. The summed E-state index contributed by atoms with van der Waals surface area (Å²) in [4.78, 5) is 21.7. The average molecular weight is 264 g/mol. The van der Waals surface area contributed by atoms with E-state index in [1.807, 2.05) is 6.92 Å². The smallest absolute Gasteiger partial charge is 0.311 e. The van der Waals surface area contributed by atoms with E-state index >= 15 is 0 Å². The number of rotatable bonds is 5. The molecule has 0 bridgehead atoms. The van der Waals surface area contributed by atoms with Crippen LogP contribution in [0.1, 0.15) is 24.8 Å². The van der Waals surface area contributed by atoms with Gasteiger partial charge in [0.05, 0.1) is 10.3 Å². The number of carboxylic acids is 1. The minimum absolute atomic E-state index is 0.0227. The summed E-state index contributed by atoms with van der Waals surface area (Å²) in [5, 5.41) is 23.1. The van der Waals surface area contributed by atoms with Crippen LogP contribution in [0.3, 0.4) is 0 Å². The first-order valence-corrected chi connectivity index (χ1v) is 6.17. The van der Waals surface area contributed by atoms with Crippen LogP contribution in [-0.2, 0) is 4.79 Å². The van der Waals surface area contributed by atoms with Crippen LogP contribution < -0.4 is 5.32 Å². The number of hydrogen-bond acceptors (Lipinski definition) is 4. The fourth-order valence-corrected chi connectivity index (χ4v) is 2.28. The van der Waals surface area contributed by atoms with Gasteiger partial charge >= 0.3 is 5.97 Å². The molecule has 2 rings (SSSR count). The molecule has 2 N–H and O–H groups in total. The summed E-state index contributed by atoms with van der Waals surface area (Å²) in [6.07, 6.45) is 2.13. The Bertz CT molecular complexity index is 523. The van der Waals surface area contributed by atoms with E-state index in [0.29, 0.717) is 18.5 Å². The van der Waals surface area contributed by atoms with E-state index in [-0.39, 0.29) is 12.2 Å². The molecule has 0 heterocycles. The van der Waals surface area contributed by atoms with Gasteiger partial charge in [0.2, 0.25) is 0 Å². The topological polar surface area (TPSA) is 92.5 Å². The van der Waals surface area contributed by atoms with Gasteiger partial charge in [0.1, 0.15) is 5.69 Å². The van der Waals surface area contributed by atoms with Crippen molar-refractivity contribution < 1.29 is 14.8 Å². The van der Waals surface area contributed by atoms with E-state index in [2.05, 4.69) is 5.32 Å². The van der Waals surface area contributed by atoms with Crippen LogP contribution in [0.4, 0.5) is 11.4 Å². The van der Waals surface area contributed by atoms with Crippen molar-refractivity contribution in [2.75, 3.05) is 11.9 Å². The predicted molar refractivity (Wildman–Crippen MR) is 70.2 cm³/mol. The summed E-state index contributed by atoms with van der Waals surface area (Å²) in [5.41, 5.74) is 0.492. The second kappa shape index (κ2) is 4.87. The van der Waals surface area contributed by atoms with E-state index in [9.17, 15) is 20.0 Å². The monoisotopic (exact) mass is 264 g/mol. The number of aliphatic carboxylic acids is 1. The van der Waals surface area contributed by atoms with Gasteiger partial charge in [-0.15, -0.1) is 0 Å². The van der Waals surface area contributed by atoms with Crippen molar-refractivity contribution >= 4 is 17.3 Å². The van der Waals surface area contributed by atoms with E-state index in [1.165, 1.54) is 6.07 Å². The van der Waals surface area contributed by atoms with Gasteiger partial charge in [0.15, 0.2) is 0 Å². The zero-order valence-electron chi connectivity index (χ0n) is 10.7. The van der Waals surface area contributed by atoms with Crippen molar-refractivity contribution in [1.29, 1.82) is 0 Å². The maximum atomic E-state index is 11.2. The second-order valence-corrected chi connectivity index (χ2v) is 5.07. The van der Waals surface area contributed by atoms with Crippen LogP contribution in [-0.4, -0.2) is 22.5 Å². The zero-order valence-corrected chi connectivity index (χ0v) is 10.7. The number of aryl methyl sites for hydroxylation is 1. The summed E-state index contributed by atoms with van der Waals surface area (Å²) < 4.78 is 0.